The van der Waals surface area contributed by atoms with Crippen LogP contribution in [0, 0.1) is 0 Å². The van der Waals surface area contributed by atoms with Gasteiger partial charge in [0, 0.05) is 36.9 Å². The van der Waals surface area contributed by atoms with Crippen molar-refractivity contribution in [3.05, 3.63) is 29.3 Å². The molecule has 1 saturated heterocycles. The number of nitrogens with zero attached hydrogens (tertiary/aromatic N) is 2. The number of hydrogen-bond acceptors (Lipinski definition) is 3. The Bertz CT molecular complexity index is 502. The van der Waals surface area contributed by atoms with Gasteiger partial charge in [0.1, 0.15) is 0 Å². The van der Waals surface area contributed by atoms with Crippen LogP contribution in [0.3, 0.4) is 0 Å². The molecule has 0 unspecified atom stereocenters. The maximum Gasteiger partial charge on any atom is 0.422 e. The highest BCUT2D eigenvalue weighted by Crippen LogP contribution is 2.21. The summed E-state index contributed by atoms with van der Waals surface area (Å²) in [5.74, 6) is 0. The molecule has 1 heterocycles. The molecule has 0 aliphatic carbocycles. The summed E-state index contributed by atoms with van der Waals surface area (Å²) in [7, 11) is 0. The van der Waals surface area contributed by atoms with Crippen molar-refractivity contribution in [1.29, 1.82) is 0 Å². The number of anilines is 1. The van der Waals surface area contributed by atoms with Crippen LogP contribution in [0.2, 0.25) is 5.02 Å². The number of halogens is 4. The second-order valence-corrected chi connectivity index (χ2v) is 5.06. The van der Waals surface area contributed by atoms with Crippen molar-refractivity contribution in [2.45, 2.75) is 6.18 Å². The topological polar surface area (TPSA) is 32.8 Å². The fourth-order valence-electron chi connectivity index (χ4n) is 2.05. The summed E-state index contributed by atoms with van der Waals surface area (Å²) in [6.07, 6.45) is -5.43. The zero-order valence-corrected chi connectivity index (χ0v) is 11.8. The maximum atomic E-state index is 12.0. The zero-order chi connectivity index (χ0) is 15.5. The zero-order valence-electron chi connectivity index (χ0n) is 11.1. The summed E-state index contributed by atoms with van der Waals surface area (Å²) in [6.45, 7) is 0.0929. The third-order valence-corrected chi connectivity index (χ3v) is 3.31. The second-order valence-electron chi connectivity index (χ2n) is 4.62. The minimum atomic E-state index is -4.50. The van der Waals surface area contributed by atoms with Crippen LogP contribution in [0.25, 0.3) is 0 Å². The second kappa shape index (κ2) is 6.43. The van der Waals surface area contributed by atoms with Crippen molar-refractivity contribution in [3.8, 4) is 0 Å². The molecule has 1 aromatic carbocycles. The summed E-state index contributed by atoms with van der Waals surface area (Å²) in [4.78, 5) is 14.8. The lowest BCUT2D eigenvalue weighted by molar-refractivity contribution is -0.162. The fourth-order valence-corrected chi connectivity index (χ4v) is 2.24. The molecular formula is C13H14ClF3N2O2. The third-order valence-electron chi connectivity index (χ3n) is 3.07. The Hall–Kier alpha value is -1.63. The number of amides is 1. The predicted octanol–water partition coefficient (Wildman–Crippen LogP) is 3.16. The largest absolute Gasteiger partial charge is 0.440 e. The monoisotopic (exact) mass is 322 g/mol. The minimum Gasteiger partial charge on any atom is -0.440 e. The SMILES string of the molecule is O=C(OCC(F)(F)F)N1CCN(c2cccc(Cl)c2)CC1. The quantitative estimate of drug-likeness (QED) is 0.838. The van der Waals surface area contributed by atoms with Gasteiger partial charge in [-0.05, 0) is 18.2 Å². The fraction of sp³-hybridized carbons (Fsp3) is 0.462. The van der Waals surface area contributed by atoms with Gasteiger partial charge in [-0.15, -0.1) is 0 Å². The van der Waals surface area contributed by atoms with Crippen molar-refractivity contribution in [2.75, 3.05) is 37.7 Å². The van der Waals surface area contributed by atoms with Crippen molar-refractivity contribution >= 4 is 23.4 Å². The first-order valence-corrected chi connectivity index (χ1v) is 6.72. The predicted molar refractivity (Wildman–Crippen MR) is 72.6 cm³/mol. The maximum absolute atomic E-state index is 12.0. The van der Waals surface area contributed by atoms with E-state index in [0.717, 1.165) is 5.69 Å². The molecule has 116 valence electrons. The first kappa shape index (κ1) is 15.8. The molecule has 0 aromatic heterocycles. The van der Waals surface area contributed by atoms with Gasteiger partial charge < -0.3 is 14.5 Å². The average Bonchev–Trinajstić information content (AvgIpc) is 2.44. The van der Waals surface area contributed by atoms with Gasteiger partial charge in [-0.1, -0.05) is 17.7 Å². The van der Waals surface area contributed by atoms with Crippen LogP contribution in [0.5, 0.6) is 0 Å². The number of piperazine rings is 1. The van der Waals surface area contributed by atoms with Gasteiger partial charge in [0.15, 0.2) is 6.61 Å². The highest BCUT2D eigenvalue weighted by Gasteiger charge is 2.31. The van der Waals surface area contributed by atoms with Gasteiger partial charge in [0.25, 0.3) is 0 Å². The van der Waals surface area contributed by atoms with E-state index in [1.54, 1.807) is 12.1 Å². The summed E-state index contributed by atoms with van der Waals surface area (Å²) in [5.41, 5.74) is 0.922. The van der Waals surface area contributed by atoms with Crippen molar-refractivity contribution in [3.63, 3.8) is 0 Å². The molecule has 0 bridgehead atoms. The molecule has 1 amide bonds. The van der Waals surface area contributed by atoms with E-state index in [0.29, 0.717) is 31.2 Å². The average molecular weight is 323 g/mol. The van der Waals surface area contributed by atoms with Gasteiger partial charge in [0.05, 0.1) is 0 Å². The lowest BCUT2D eigenvalue weighted by Crippen LogP contribution is -2.49. The van der Waals surface area contributed by atoms with Crippen molar-refractivity contribution in [2.24, 2.45) is 0 Å². The van der Waals surface area contributed by atoms with E-state index in [1.165, 1.54) is 4.90 Å². The van der Waals surface area contributed by atoms with Gasteiger partial charge >= 0.3 is 12.3 Å². The number of carbonyl (C=O) groups excluding carboxylic acids is 1. The van der Waals surface area contributed by atoms with E-state index >= 15 is 0 Å². The Balaban J connectivity index is 1.84. The van der Waals surface area contributed by atoms with E-state index in [2.05, 4.69) is 4.74 Å². The normalized spacial score (nSPS) is 16.0. The molecule has 4 nitrogen and oxygen atoms in total. The van der Waals surface area contributed by atoms with Gasteiger partial charge in [-0.25, -0.2) is 4.79 Å². The summed E-state index contributed by atoms with van der Waals surface area (Å²) < 4.78 is 40.2. The number of rotatable bonds is 2. The van der Waals surface area contributed by atoms with E-state index in [4.69, 9.17) is 11.6 Å². The van der Waals surface area contributed by atoms with Crippen LogP contribution in [-0.2, 0) is 4.74 Å². The molecular weight excluding hydrogens is 309 g/mol. The lowest BCUT2D eigenvalue weighted by atomic mass is 10.2. The molecule has 0 N–H and O–H groups in total. The van der Waals surface area contributed by atoms with Crippen LogP contribution in [0.4, 0.5) is 23.7 Å². The van der Waals surface area contributed by atoms with Crippen molar-refractivity contribution < 1.29 is 22.7 Å². The third kappa shape index (κ3) is 4.70. The Morgan fingerprint density at radius 2 is 1.90 bits per heavy atom. The first-order valence-electron chi connectivity index (χ1n) is 6.34. The molecule has 1 aliphatic heterocycles. The minimum absolute atomic E-state index is 0.309. The van der Waals surface area contributed by atoms with E-state index in [-0.39, 0.29) is 0 Å². The Morgan fingerprint density at radius 1 is 1.24 bits per heavy atom. The number of benzene rings is 1. The van der Waals surface area contributed by atoms with Gasteiger partial charge in [-0.3, -0.25) is 0 Å². The Labute approximate surface area is 125 Å². The number of ether oxygens (including phenoxy) is 1. The number of carbonyl (C=O) groups is 1. The van der Waals surface area contributed by atoms with Crippen LogP contribution < -0.4 is 4.90 Å². The first-order chi connectivity index (χ1) is 9.85. The molecule has 2 rings (SSSR count). The molecule has 8 heteroatoms. The van der Waals surface area contributed by atoms with Crippen LogP contribution in [-0.4, -0.2) is 50.0 Å². The number of alkyl halides is 3. The van der Waals surface area contributed by atoms with Crippen LogP contribution in [0.1, 0.15) is 0 Å². The van der Waals surface area contributed by atoms with Gasteiger partial charge in [0.2, 0.25) is 0 Å². The summed E-state index contributed by atoms with van der Waals surface area (Å²) in [6, 6.07) is 7.28. The van der Waals surface area contributed by atoms with E-state index in [1.807, 2.05) is 17.0 Å². The Kier molecular flexibility index (Phi) is 4.82. The Morgan fingerprint density at radius 3 is 2.48 bits per heavy atom. The van der Waals surface area contributed by atoms with Crippen LogP contribution in [0.15, 0.2) is 24.3 Å². The van der Waals surface area contributed by atoms with Gasteiger partial charge in [-0.2, -0.15) is 13.2 Å². The highest BCUT2D eigenvalue weighted by atomic mass is 35.5. The van der Waals surface area contributed by atoms with Crippen molar-refractivity contribution in [1.82, 2.24) is 4.90 Å². The number of hydrogen-bond donors (Lipinski definition) is 0. The summed E-state index contributed by atoms with van der Waals surface area (Å²) in [5, 5.41) is 0.611. The molecule has 0 saturated carbocycles. The highest BCUT2D eigenvalue weighted by molar-refractivity contribution is 6.30. The molecule has 1 fully saturated rings. The molecule has 1 aliphatic rings. The lowest BCUT2D eigenvalue weighted by Gasteiger charge is -2.35. The molecule has 0 radical (unpaired) electrons. The van der Waals surface area contributed by atoms with Crippen LogP contribution >= 0.6 is 11.6 Å². The molecule has 21 heavy (non-hydrogen) atoms. The van der Waals surface area contributed by atoms with E-state index in [9.17, 15) is 18.0 Å². The molecule has 0 spiro atoms. The molecule has 0 atom stereocenters. The smallest absolute Gasteiger partial charge is 0.422 e. The summed E-state index contributed by atoms with van der Waals surface area (Å²) >= 11 is 5.91. The standard InChI is InChI=1S/C13H14ClF3N2O2/c14-10-2-1-3-11(8-10)18-4-6-19(7-5-18)12(20)21-9-13(15,16)17/h1-3,8H,4-7,9H2. The van der Waals surface area contributed by atoms with E-state index < -0.39 is 18.9 Å². The molecule has 1 aromatic rings.